The van der Waals surface area contributed by atoms with E-state index >= 15 is 0 Å². The lowest BCUT2D eigenvalue weighted by Gasteiger charge is -2.15. The van der Waals surface area contributed by atoms with Crippen molar-refractivity contribution in [2.24, 2.45) is 0 Å². The molecule has 132 valence electrons. The predicted molar refractivity (Wildman–Crippen MR) is 95.6 cm³/mol. The number of rotatable bonds is 6. The van der Waals surface area contributed by atoms with Gasteiger partial charge in [0.25, 0.3) is 5.91 Å². The average Bonchev–Trinajstić information content (AvgIpc) is 2.55. The Balaban J connectivity index is 2.07. The van der Waals surface area contributed by atoms with Gasteiger partial charge in [-0.2, -0.15) is 0 Å². The molecule has 0 atom stereocenters. The van der Waals surface area contributed by atoms with Gasteiger partial charge in [0.15, 0.2) is 0 Å². The fraction of sp³-hybridized carbons (Fsp3) is 0.500. The number of hydrogen-bond donors (Lipinski definition) is 1. The fourth-order valence-electron chi connectivity index (χ4n) is 2.78. The summed E-state index contributed by atoms with van der Waals surface area (Å²) in [6.07, 6.45) is 7.86. The zero-order chi connectivity index (χ0) is 17.7. The van der Waals surface area contributed by atoms with Gasteiger partial charge < -0.3 is 5.32 Å². The molecule has 1 N–H and O–H groups in total. The molecule has 6 heteroatoms. The van der Waals surface area contributed by atoms with Crippen molar-refractivity contribution < 1.29 is 13.2 Å². The number of amides is 1. The third kappa shape index (κ3) is 4.45. The number of carbonyl (C=O) groups excluding carboxylic acids is 1. The molecular weight excluding hydrogens is 324 g/mol. The van der Waals surface area contributed by atoms with Crippen molar-refractivity contribution in [3.63, 3.8) is 0 Å². The molecule has 0 radical (unpaired) electrons. The van der Waals surface area contributed by atoms with Crippen LogP contribution in [0.5, 0.6) is 0 Å². The van der Waals surface area contributed by atoms with E-state index in [9.17, 15) is 13.2 Å². The van der Waals surface area contributed by atoms with Crippen LogP contribution in [0.4, 0.5) is 0 Å². The van der Waals surface area contributed by atoms with E-state index in [0.717, 1.165) is 29.1 Å². The normalized spacial score (nSPS) is 15.2. The summed E-state index contributed by atoms with van der Waals surface area (Å²) >= 11 is 0. The molecule has 1 amide bonds. The van der Waals surface area contributed by atoms with Crippen LogP contribution in [0.25, 0.3) is 0 Å². The SMILES string of the molecule is Cc1ccc(S(=O)(=O)N(C)C)cc1C(=O)NCCC1=CCCCC1. The maximum atomic E-state index is 12.4. The lowest BCUT2D eigenvalue weighted by atomic mass is 9.97. The molecule has 5 nitrogen and oxygen atoms in total. The standard InChI is InChI=1S/C18H26N2O3S/c1-14-9-10-16(24(22,23)20(2)3)13-17(14)18(21)19-12-11-15-7-5-4-6-8-15/h7,9-10,13H,4-6,8,11-12H2,1-3H3,(H,19,21). The Hall–Kier alpha value is -1.66. The minimum Gasteiger partial charge on any atom is -0.352 e. The van der Waals surface area contributed by atoms with Crippen LogP contribution in [0, 0.1) is 6.92 Å². The highest BCUT2D eigenvalue weighted by Gasteiger charge is 2.20. The summed E-state index contributed by atoms with van der Waals surface area (Å²) in [5.41, 5.74) is 2.58. The van der Waals surface area contributed by atoms with E-state index in [1.165, 1.54) is 44.6 Å². The van der Waals surface area contributed by atoms with Crippen molar-refractivity contribution in [1.82, 2.24) is 9.62 Å². The monoisotopic (exact) mass is 350 g/mol. The van der Waals surface area contributed by atoms with Crippen LogP contribution in [0.2, 0.25) is 0 Å². The van der Waals surface area contributed by atoms with Gasteiger partial charge in [0.05, 0.1) is 4.90 Å². The highest BCUT2D eigenvalue weighted by molar-refractivity contribution is 7.89. The molecule has 0 fully saturated rings. The summed E-state index contributed by atoms with van der Waals surface area (Å²) in [6.45, 7) is 2.39. The van der Waals surface area contributed by atoms with Crippen LogP contribution >= 0.6 is 0 Å². The van der Waals surface area contributed by atoms with Crippen LogP contribution in [0.3, 0.4) is 0 Å². The fourth-order valence-corrected chi connectivity index (χ4v) is 3.71. The third-order valence-corrected chi connectivity index (χ3v) is 6.16. The number of nitrogens with one attached hydrogen (secondary N) is 1. The Morgan fingerprint density at radius 1 is 1.25 bits per heavy atom. The van der Waals surface area contributed by atoms with E-state index in [1.54, 1.807) is 6.07 Å². The van der Waals surface area contributed by atoms with Crippen LogP contribution < -0.4 is 5.32 Å². The first-order valence-corrected chi connectivity index (χ1v) is 9.75. The number of aryl methyl sites for hydroxylation is 1. The number of benzene rings is 1. The highest BCUT2D eigenvalue weighted by atomic mass is 32.2. The molecule has 1 aromatic rings. The molecule has 24 heavy (non-hydrogen) atoms. The van der Waals surface area contributed by atoms with Crippen LogP contribution in [0.1, 0.15) is 48.0 Å². The van der Waals surface area contributed by atoms with Crippen molar-refractivity contribution in [3.05, 3.63) is 41.0 Å². The van der Waals surface area contributed by atoms with Gasteiger partial charge in [-0.15, -0.1) is 0 Å². The molecule has 1 aromatic carbocycles. The zero-order valence-corrected chi connectivity index (χ0v) is 15.4. The van der Waals surface area contributed by atoms with Gasteiger partial charge in [-0.05, 0) is 56.7 Å². The Bertz CT molecular complexity index is 737. The Labute approximate surface area is 144 Å². The molecule has 2 rings (SSSR count). The summed E-state index contributed by atoms with van der Waals surface area (Å²) in [5.74, 6) is -0.222. The molecule has 0 unspecified atom stereocenters. The number of allylic oxidation sites excluding steroid dienone is 1. The van der Waals surface area contributed by atoms with Crippen LogP contribution in [0.15, 0.2) is 34.7 Å². The Kier molecular flexibility index (Phi) is 6.18. The maximum absolute atomic E-state index is 12.4. The van der Waals surface area contributed by atoms with Gasteiger partial charge in [0.1, 0.15) is 0 Å². The largest absolute Gasteiger partial charge is 0.352 e. The molecule has 0 saturated heterocycles. The summed E-state index contributed by atoms with van der Waals surface area (Å²) < 4.78 is 25.6. The van der Waals surface area contributed by atoms with E-state index in [-0.39, 0.29) is 10.8 Å². The van der Waals surface area contributed by atoms with E-state index in [0.29, 0.717) is 12.1 Å². The predicted octanol–water partition coefficient (Wildman–Crippen LogP) is 2.87. The molecule has 0 aliphatic heterocycles. The first-order valence-electron chi connectivity index (χ1n) is 8.31. The van der Waals surface area contributed by atoms with Crippen molar-refractivity contribution in [2.75, 3.05) is 20.6 Å². The van der Waals surface area contributed by atoms with Gasteiger partial charge in [-0.3, -0.25) is 4.79 Å². The first-order chi connectivity index (χ1) is 11.3. The summed E-state index contributed by atoms with van der Waals surface area (Å²) in [7, 11) is -0.585. The summed E-state index contributed by atoms with van der Waals surface area (Å²) in [5, 5.41) is 2.91. The Morgan fingerprint density at radius 2 is 2.00 bits per heavy atom. The molecule has 0 heterocycles. The number of carbonyl (C=O) groups is 1. The van der Waals surface area contributed by atoms with Gasteiger partial charge in [0.2, 0.25) is 10.0 Å². The Morgan fingerprint density at radius 3 is 2.62 bits per heavy atom. The second-order valence-corrected chi connectivity index (χ2v) is 8.53. The molecule has 0 spiro atoms. The van der Waals surface area contributed by atoms with Gasteiger partial charge in [-0.1, -0.05) is 17.7 Å². The van der Waals surface area contributed by atoms with E-state index < -0.39 is 10.0 Å². The summed E-state index contributed by atoms with van der Waals surface area (Å²) in [4.78, 5) is 12.6. The molecule has 0 saturated carbocycles. The lowest BCUT2D eigenvalue weighted by molar-refractivity contribution is 0.0953. The van der Waals surface area contributed by atoms with Crippen molar-refractivity contribution in [3.8, 4) is 0 Å². The molecule has 0 aromatic heterocycles. The smallest absolute Gasteiger partial charge is 0.251 e. The van der Waals surface area contributed by atoms with Gasteiger partial charge in [-0.25, -0.2) is 12.7 Å². The third-order valence-electron chi connectivity index (χ3n) is 4.35. The van der Waals surface area contributed by atoms with Crippen LogP contribution in [-0.4, -0.2) is 39.3 Å². The van der Waals surface area contributed by atoms with Crippen LogP contribution in [-0.2, 0) is 10.0 Å². The highest BCUT2D eigenvalue weighted by Crippen LogP contribution is 2.20. The van der Waals surface area contributed by atoms with Crippen molar-refractivity contribution in [2.45, 2.75) is 43.9 Å². The number of nitrogens with zero attached hydrogens (tertiary/aromatic N) is 1. The summed E-state index contributed by atoms with van der Waals surface area (Å²) in [6, 6.07) is 4.67. The van der Waals surface area contributed by atoms with E-state index in [2.05, 4.69) is 11.4 Å². The number of hydrogen-bond acceptors (Lipinski definition) is 3. The topological polar surface area (TPSA) is 66.5 Å². The zero-order valence-electron chi connectivity index (χ0n) is 14.6. The minimum absolute atomic E-state index is 0.137. The molecule has 1 aliphatic rings. The average molecular weight is 350 g/mol. The van der Waals surface area contributed by atoms with Crippen molar-refractivity contribution in [1.29, 1.82) is 0 Å². The number of sulfonamides is 1. The second-order valence-electron chi connectivity index (χ2n) is 6.38. The maximum Gasteiger partial charge on any atom is 0.251 e. The molecular formula is C18H26N2O3S. The first kappa shape index (κ1) is 18.7. The lowest BCUT2D eigenvalue weighted by Crippen LogP contribution is -2.27. The molecule has 1 aliphatic carbocycles. The minimum atomic E-state index is -3.54. The van der Waals surface area contributed by atoms with E-state index in [4.69, 9.17) is 0 Å². The van der Waals surface area contributed by atoms with Gasteiger partial charge >= 0.3 is 0 Å². The van der Waals surface area contributed by atoms with Gasteiger partial charge in [0, 0.05) is 26.2 Å². The second kappa shape index (κ2) is 7.94. The molecule has 0 bridgehead atoms. The van der Waals surface area contributed by atoms with E-state index in [1.807, 2.05) is 6.92 Å². The quantitative estimate of drug-likeness (QED) is 0.802. The van der Waals surface area contributed by atoms with Crippen molar-refractivity contribution >= 4 is 15.9 Å².